The molecule has 18 heavy (non-hydrogen) atoms. The first-order chi connectivity index (χ1) is 9.13. The van der Waals surface area contributed by atoms with Crippen LogP contribution < -0.4 is 5.73 Å². The Balaban J connectivity index is 2.04. The fourth-order valence-electron chi connectivity index (χ4n) is 1.96. The van der Waals surface area contributed by atoms with Crippen molar-refractivity contribution < 1.29 is 16.3 Å². The lowest BCUT2D eigenvalue weighted by atomic mass is 10.2. The van der Waals surface area contributed by atoms with Crippen LogP contribution >= 0.6 is 0 Å². The first-order valence-electron chi connectivity index (χ1n) is 6.01. The van der Waals surface area contributed by atoms with Crippen LogP contribution in [0.15, 0.2) is 12.7 Å². The second-order valence-corrected chi connectivity index (χ2v) is 4.01. The van der Waals surface area contributed by atoms with Crippen molar-refractivity contribution in [3.8, 4) is 0 Å². The molecule has 0 radical (unpaired) electrons. The third-order valence-electron chi connectivity index (χ3n) is 2.90. The van der Waals surface area contributed by atoms with Gasteiger partial charge in [-0.25, -0.2) is 15.0 Å². The van der Waals surface area contributed by atoms with Gasteiger partial charge in [-0.15, -0.1) is 0 Å². The highest BCUT2D eigenvalue weighted by Crippen LogP contribution is 2.30. The van der Waals surface area contributed by atoms with E-state index < -0.39 is 24.8 Å². The highest BCUT2D eigenvalue weighted by atomic mass is 16.5. The number of ether oxygens (including phenoxy) is 1. The molecule has 96 valence electrons. The average molecular weight is 252 g/mol. The Morgan fingerprint density at radius 2 is 2.39 bits per heavy atom. The average Bonchev–Trinajstić information content (AvgIpc) is 2.94. The van der Waals surface area contributed by atoms with Gasteiger partial charge in [-0.05, 0) is 0 Å². The van der Waals surface area contributed by atoms with Crippen molar-refractivity contribution in [3.05, 3.63) is 12.7 Å². The number of aliphatic hydroxyl groups excluding tert-OH is 2. The first-order valence-corrected chi connectivity index (χ1v) is 5.43. The van der Waals surface area contributed by atoms with E-state index in [9.17, 15) is 5.11 Å². The topological polar surface area (TPSA) is 119 Å². The largest absolute Gasteiger partial charge is 0.394 e. The molecule has 4 N–H and O–H groups in total. The van der Waals surface area contributed by atoms with Crippen LogP contribution in [0, 0.1) is 0 Å². The molecule has 0 aromatic carbocycles. The molecule has 8 nitrogen and oxygen atoms in total. The molecule has 0 spiro atoms. The molecule has 0 amide bonds. The van der Waals surface area contributed by atoms with Gasteiger partial charge in [-0.2, -0.15) is 0 Å². The van der Waals surface area contributed by atoms with Crippen molar-refractivity contribution in [1.29, 1.82) is 0 Å². The lowest BCUT2D eigenvalue weighted by Gasteiger charge is -2.13. The predicted octanol–water partition coefficient (Wildman–Crippen LogP) is -0.951. The van der Waals surface area contributed by atoms with Crippen LogP contribution in [0.5, 0.6) is 0 Å². The van der Waals surface area contributed by atoms with Crippen LogP contribution in [0.25, 0.3) is 11.2 Å². The van der Waals surface area contributed by atoms with Gasteiger partial charge < -0.3 is 20.7 Å². The first kappa shape index (κ1) is 10.2. The molecule has 8 heteroatoms. The number of fused-ring (bicyclic) bond motifs is 1. The Bertz CT molecular complexity index is 606. The zero-order chi connectivity index (χ0) is 13.6. The third-order valence-corrected chi connectivity index (χ3v) is 2.90. The van der Waals surface area contributed by atoms with Crippen molar-refractivity contribution in [1.82, 2.24) is 19.5 Å². The summed E-state index contributed by atoms with van der Waals surface area (Å²) in [5.74, 6) is 0.238. The Hall–Kier alpha value is -1.77. The van der Waals surface area contributed by atoms with Crippen LogP contribution in [0.1, 0.15) is 14.0 Å². The summed E-state index contributed by atoms with van der Waals surface area (Å²) >= 11 is 0. The quantitative estimate of drug-likeness (QED) is 0.630. The van der Waals surface area contributed by atoms with Gasteiger partial charge >= 0.3 is 0 Å². The van der Waals surface area contributed by atoms with Gasteiger partial charge in [0.25, 0.3) is 0 Å². The Kier molecular flexibility index (Phi) is 2.35. The maximum Gasteiger partial charge on any atom is 0.167 e. The van der Waals surface area contributed by atoms with Gasteiger partial charge in [-0.3, -0.25) is 4.57 Å². The van der Waals surface area contributed by atoms with E-state index in [4.69, 9.17) is 16.9 Å². The molecule has 4 atom stereocenters. The molecule has 0 aliphatic carbocycles. The minimum Gasteiger partial charge on any atom is -0.394 e. The molecule has 2 aromatic heterocycles. The van der Waals surface area contributed by atoms with E-state index in [0.29, 0.717) is 11.2 Å². The summed E-state index contributed by atoms with van der Waals surface area (Å²) in [6, 6.07) is 0. The summed E-state index contributed by atoms with van der Waals surface area (Å²) in [6.45, 7) is -0.350. The summed E-state index contributed by atoms with van der Waals surface area (Å²) in [7, 11) is 0. The molecule has 1 aliphatic rings. The normalized spacial score (nSPS) is 32.9. The third kappa shape index (κ3) is 1.62. The van der Waals surface area contributed by atoms with Crippen molar-refractivity contribution in [2.75, 3.05) is 12.3 Å². The Labute approximate surface area is 103 Å². The highest BCUT2D eigenvalue weighted by Gasteiger charge is 2.35. The van der Waals surface area contributed by atoms with Crippen LogP contribution in [0.3, 0.4) is 0 Å². The van der Waals surface area contributed by atoms with Crippen LogP contribution in [-0.2, 0) is 4.74 Å². The van der Waals surface area contributed by atoms with Crippen molar-refractivity contribution in [2.24, 2.45) is 0 Å². The summed E-state index contributed by atoms with van der Waals surface area (Å²) < 4.78 is 14.9. The van der Waals surface area contributed by atoms with Crippen molar-refractivity contribution >= 4 is 17.0 Å². The minimum absolute atomic E-state index is 0.238. The zero-order valence-corrected chi connectivity index (χ0v) is 9.34. The minimum atomic E-state index is -1.06. The van der Waals surface area contributed by atoms with Gasteiger partial charge in [-0.1, -0.05) is 0 Å². The Morgan fingerprint density at radius 1 is 1.56 bits per heavy atom. The molecule has 1 fully saturated rings. The maximum absolute atomic E-state index is 9.79. The molecule has 0 unspecified atom stereocenters. The van der Waals surface area contributed by atoms with E-state index in [1.807, 2.05) is 0 Å². The highest BCUT2D eigenvalue weighted by molar-refractivity contribution is 5.81. The molecule has 0 saturated carbocycles. The number of nitrogens with zero attached hydrogens (tertiary/aromatic N) is 4. The van der Waals surface area contributed by atoms with Crippen molar-refractivity contribution in [3.63, 3.8) is 0 Å². The molecule has 3 rings (SSSR count). The van der Waals surface area contributed by atoms with E-state index >= 15 is 0 Å². The molecule has 0 bridgehead atoms. The number of aromatic nitrogens is 4. The standard InChI is InChI=1S/C10H13N5O3/c11-9-8-10(13-3-12-9)15(4-14-8)7-1-5(17)6(2-16)18-7/h3-7,16-17H,1-2H2,(H2,11,12,13)/t5-,6-,7-/m1/s1/i1D/t1-,5+,6+,7+/m0. The Morgan fingerprint density at radius 3 is 3.11 bits per heavy atom. The predicted molar refractivity (Wildman–Crippen MR) is 61.4 cm³/mol. The van der Waals surface area contributed by atoms with Gasteiger partial charge in [0.2, 0.25) is 0 Å². The van der Waals surface area contributed by atoms with Gasteiger partial charge in [0.05, 0.1) is 19.0 Å². The lowest BCUT2D eigenvalue weighted by Crippen LogP contribution is -2.24. The van der Waals surface area contributed by atoms with Crippen LogP contribution in [0.2, 0.25) is 0 Å². The molecule has 1 saturated heterocycles. The van der Waals surface area contributed by atoms with Gasteiger partial charge in [0.1, 0.15) is 24.2 Å². The van der Waals surface area contributed by atoms with Crippen LogP contribution in [0.4, 0.5) is 5.82 Å². The number of anilines is 1. The summed E-state index contributed by atoms with van der Waals surface area (Å²) in [5, 5.41) is 18.9. The maximum atomic E-state index is 9.79. The number of hydrogen-bond acceptors (Lipinski definition) is 7. The number of imidazole rings is 1. The molecule has 1 aliphatic heterocycles. The molecular weight excluding hydrogens is 238 g/mol. The number of rotatable bonds is 2. The fraction of sp³-hybridized carbons (Fsp3) is 0.500. The number of hydrogen-bond donors (Lipinski definition) is 3. The number of aliphatic hydroxyl groups is 2. The second kappa shape index (κ2) is 4.16. The summed E-state index contributed by atoms with van der Waals surface area (Å²) in [4.78, 5) is 12.0. The van der Waals surface area contributed by atoms with E-state index in [2.05, 4.69) is 15.0 Å². The molecule has 3 heterocycles. The summed E-state index contributed by atoms with van der Waals surface area (Å²) in [5.41, 5.74) is 6.53. The van der Waals surface area contributed by atoms with Crippen LogP contribution in [-0.4, -0.2) is 48.5 Å². The second-order valence-electron chi connectivity index (χ2n) is 4.01. The monoisotopic (exact) mass is 252 g/mol. The molecule has 2 aromatic rings. The van der Waals surface area contributed by atoms with Gasteiger partial charge in [0.15, 0.2) is 11.5 Å². The fourth-order valence-corrected chi connectivity index (χ4v) is 1.96. The van der Waals surface area contributed by atoms with E-state index in [1.165, 1.54) is 17.2 Å². The van der Waals surface area contributed by atoms with E-state index in [1.54, 1.807) is 0 Å². The van der Waals surface area contributed by atoms with Crippen molar-refractivity contribution in [2.45, 2.75) is 24.8 Å². The van der Waals surface area contributed by atoms with E-state index in [0.717, 1.165) is 0 Å². The smallest absolute Gasteiger partial charge is 0.167 e. The summed E-state index contributed by atoms with van der Waals surface area (Å²) in [6.07, 6.45) is -0.828. The van der Waals surface area contributed by atoms with Gasteiger partial charge in [0, 0.05) is 7.77 Å². The SMILES string of the molecule is [2H][C@H]1[C@@H](O)[C@@H](CO)O[C@H]1n1cnc2c(N)ncnc21. The van der Waals surface area contributed by atoms with E-state index in [-0.39, 0.29) is 12.4 Å². The lowest BCUT2D eigenvalue weighted by molar-refractivity contribution is -0.0432. The zero-order valence-electron chi connectivity index (χ0n) is 10.3. The molecular formula is C10H13N5O3. The number of nitrogens with two attached hydrogens (primary N) is 1. The number of nitrogen functional groups attached to an aromatic ring is 1.